The molecule has 1 fully saturated rings. The predicted octanol–water partition coefficient (Wildman–Crippen LogP) is 3.74. The van der Waals surface area contributed by atoms with Crippen molar-refractivity contribution < 1.29 is 4.79 Å². The molecule has 0 aromatic carbocycles. The lowest BCUT2D eigenvalue weighted by molar-refractivity contribution is 0.0937. The van der Waals surface area contributed by atoms with E-state index in [1.54, 1.807) is 0 Å². The molecular weight excluding hydrogens is 250 g/mol. The Labute approximate surface area is 112 Å². The van der Waals surface area contributed by atoms with Crippen LogP contribution in [-0.2, 0) is 0 Å². The first kappa shape index (κ1) is 13.0. The molecule has 0 radical (unpaired) electrons. The maximum Gasteiger partial charge on any atom is 0.261 e. The SMILES string of the molecule is CC1CCCC(NC(=O)c2cc(S)cs2)CC1. The van der Waals surface area contributed by atoms with Crippen molar-refractivity contribution in [3.8, 4) is 0 Å². The molecule has 1 aromatic rings. The van der Waals surface area contributed by atoms with Crippen LogP contribution in [0.25, 0.3) is 0 Å². The number of rotatable bonds is 2. The largest absolute Gasteiger partial charge is 0.349 e. The second-order valence-corrected chi connectivity index (χ2v) is 6.38. The Morgan fingerprint density at radius 2 is 2.24 bits per heavy atom. The zero-order chi connectivity index (χ0) is 12.3. The molecule has 1 amide bonds. The van der Waals surface area contributed by atoms with Gasteiger partial charge in [-0.3, -0.25) is 4.79 Å². The summed E-state index contributed by atoms with van der Waals surface area (Å²) in [5.41, 5.74) is 0. The molecule has 94 valence electrons. The molecule has 0 saturated heterocycles. The fourth-order valence-electron chi connectivity index (χ4n) is 2.33. The summed E-state index contributed by atoms with van der Waals surface area (Å²) in [5, 5.41) is 5.04. The highest BCUT2D eigenvalue weighted by atomic mass is 32.1. The number of carbonyl (C=O) groups is 1. The van der Waals surface area contributed by atoms with Crippen LogP contribution in [-0.4, -0.2) is 11.9 Å². The lowest BCUT2D eigenvalue weighted by atomic mass is 10.0. The minimum Gasteiger partial charge on any atom is -0.349 e. The highest BCUT2D eigenvalue weighted by Gasteiger charge is 2.19. The summed E-state index contributed by atoms with van der Waals surface area (Å²) in [4.78, 5) is 13.6. The Bertz CT molecular complexity index is 389. The van der Waals surface area contributed by atoms with E-state index in [9.17, 15) is 4.79 Å². The highest BCUT2D eigenvalue weighted by molar-refractivity contribution is 7.80. The molecule has 2 unspecified atom stereocenters. The van der Waals surface area contributed by atoms with E-state index in [1.807, 2.05) is 11.4 Å². The van der Waals surface area contributed by atoms with Gasteiger partial charge in [0.15, 0.2) is 0 Å². The smallest absolute Gasteiger partial charge is 0.261 e. The van der Waals surface area contributed by atoms with Gasteiger partial charge in [-0.15, -0.1) is 24.0 Å². The van der Waals surface area contributed by atoms with Gasteiger partial charge >= 0.3 is 0 Å². The molecule has 0 aliphatic heterocycles. The molecular formula is C13H19NOS2. The lowest BCUT2D eigenvalue weighted by Crippen LogP contribution is -2.33. The van der Waals surface area contributed by atoms with Crippen LogP contribution in [0, 0.1) is 5.92 Å². The topological polar surface area (TPSA) is 29.1 Å². The van der Waals surface area contributed by atoms with E-state index >= 15 is 0 Å². The second-order valence-electron chi connectivity index (χ2n) is 4.95. The molecule has 0 spiro atoms. The van der Waals surface area contributed by atoms with E-state index in [4.69, 9.17) is 0 Å². The van der Waals surface area contributed by atoms with Crippen molar-refractivity contribution in [2.24, 2.45) is 5.92 Å². The van der Waals surface area contributed by atoms with Gasteiger partial charge in [0, 0.05) is 16.3 Å². The van der Waals surface area contributed by atoms with Gasteiger partial charge in [0.1, 0.15) is 0 Å². The highest BCUT2D eigenvalue weighted by Crippen LogP contribution is 2.23. The van der Waals surface area contributed by atoms with Crippen LogP contribution in [0.3, 0.4) is 0 Å². The monoisotopic (exact) mass is 269 g/mol. The first-order valence-corrected chi connectivity index (χ1v) is 7.56. The van der Waals surface area contributed by atoms with E-state index in [2.05, 4.69) is 24.9 Å². The molecule has 2 nitrogen and oxygen atoms in total. The van der Waals surface area contributed by atoms with E-state index in [0.717, 1.165) is 28.5 Å². The van der Waals surface area contributed by atoms with Crippen LogP contribution in [0.2, 0.25) is 0 Å². The molecule has 17 heavy (non-hydrogen) atoms. The van der Waals surface area contributed by atoms with Crippen LogP contribution < -0.4 is 5.32 Å². The van der Waals surface area contributed by atoms with E-state index in [0.29, 0.717) is 6.04 Å². The van der Waals surface area contributed by atoms with Gasteiger partial charge in [-0.25, -0.2) is 0 Å². The number of amides is 1. The number of hydrogen-bond donors (Lipinski definition) is 2. The van der Waals surface area contributed by atoms with Crippen LogP contribution in [0.1, 0.15) is 48.7 Å². The van der Waals surface area contributed by atoms with Crippen molar-refractivity contribution >= 4 is 29.9 Å². The van der Waals surface area contributed by atoms with Gasteiger partial charge in [-0.2, -0.15) is 0 Å². The van der Waals surface area contributed by atoms with Crippen molar-refractivity contribution in [3.63, 3.8) is 0 Å². The average Bonchev–Trinajstić information content (AvgIpc) is 2.62. The number of carbonyl (C=O) groups excluding carboxylic acids is 1. The molecule has 2 atom stereocenters. The minimum absolute atomic E-state index is 0.0647. The first-order chi connectivity index (χ1) is 8.15. The Morgan fingerprint density at radius 3 is 2.94 bits per heavy atom. The minimum atomic E-state index is 0.0647. The fourth-order valence-corrected chi connectivity index (χ4v) is 3.38. The summed E-state index contributed by atoms with van der Waals surface area (Å²) >= 11 is 5.69. The number of thiophene rings is 1. The number of hydrogen-bond acceptors (Lipinski definition) is 3. The Balaban J connectivity index is 1.90. The third kappa shape index (κ3) is 3.75. The van der Waals surface area contributed by atoms with Gasteiger partial charge in [0.2, 0.25) is 0 Å². The van der Waals surface area contributed by atoms with Gasteiger partial charge in [-0.05, 0) is 31.2 Å². The molecule has 4 heteroatoms. The predicted molar refractivity (Wildman–Crippen MR) is 75.1 cm³/mol. The van der Waals surface area contributed by atoms with Crippen molar-refractivity contribution in [2.75, 3.05) is 0 Å². The van der Waals surface area contributed by atoms with E-state index < -0.39 is 0 Å². The molecule has 1 heterocycles. The number of nitrogens with one attached hydrogen (secondary N) is 1. The normalized spacial score (nSPS) is 25.3. The second kappa shape index (κ2) is 5.91. The molecule has 1 aliphatic carbocycles. The third-order valence-electron chi connectivity index (χ3n) is 3.40. The summed E-state index contributed by atoms with van der Waals surface area (Å²) < 4.78 is 0. The molecule has 1 aromatic heterocycles. The van der Waals surface area contributed by atoms with Crippen molar-refractivity contribution in [1.29, 1.82) is 0 Å². The van der Waals surface area contributed by atoms with Gasteiger partial charge < -0.3 is 5.32 Å². The number of thiol groups is 1. The lowest BCUT2D eigenvalue weighted by Gasteiger charge is -2.15. The molecule has 1 saturated carbocycles. The Morgan fingerprint density at radius 1 is 1.41 bits per heavy atom. The Kier molecular flexibility index (Phi) is 4.51. The summed E-state index contributed by atoms with van der Waals surface area (Å²) in [7, 11) is 0. The standard InChI is InChI=1S/C13H19NOS2/c1-9-3-2-4-10(6-5-9)14-13(15)12-7-11(16)8-17-12/h7-10,16H,2-6H2,1H3,(H,14,15). The van der Waals surface area contributed by atoms with Crippen LogP contribution in [0.5, 0.6) is 0 Å². The zero-order valence-electron chi connectivity index (χ0n) is 10.1. The maximum absolute atomic E-state index is 12.0. The molecule has 1 N–H and O–H groups in total. The quantitative estimate of drug-likeness (QED) is 0.621. The maximum atomic E-state index is 12.0. The van der Waals surface area contributed by atoms with E-state index in [-0.39, 0.29) is 5.91 Å². The van der Waals surface area contributed by atoms with E-state index in [1.165, 1.54) is 30.6 Å². The molecule has 0 bridgehead atoms. The molecule has 2 rings (SSSR count). The van der Waals surface area contributed by atoms with Crippen LogP contribution in [0.15, 0.2) is 16.3 Å². The van der Waals surface area contributed by atoms with Gasteiger partial charge in [0.25, 0.3) is 5.91 Å². The Hall–Kier alpha value is -0.480. The fraction of sp³-hybridized carbons (Fsp3) is 0.615. The van der Waals surface area contributed by atoms with Gasteiger partial charge in [0.05, 0.1) is 4.88 Å². The van der Waals surface area contributed by atoms with Gasteiger partial charge in [-0.1, -0.05) is 19.8 Å². The van der Waals surface area contributed by atoms with Crippen molar-refractivity contribution in [3.05, 3.63) is 16.3 Å². The zero-order valence-corrected chi connectivity index (χ0v) is 11.8. The third-order valence-corrected chi connectivity index (χ3v) is 4.76. The van der Waals surface area contributed by atoms with Crippen LogP contribution in [0.4, 0.5) is 0 Å². The summed E-state index contributed by atoms with van der Waals surface area (Å²) in [6, 6.07) is 2.19. The summed E-state index contributed by atoms with van der Waals surface area (Å²) in [5.74, 6) is 0.873. The van der Waals surface area contributed by atoms with Crippen LogP contribution >= 0.6 is 24.0 Å². The first-order valence-electron chi connectivity index (χ1n) is 6.23. The van der Waals surface area contributed by atoms with Crippen molar-refractivity contribution in [1.82, 2.24) is 5.32 Å². The van der Waals surface area contributed by atoms with Crippen molar-refractivity contribution in [2.45, 2.75) is 50.0 Å². The summed E-state index contributed by atoms with van der Waals surface area (Å²) in [6.45, 7) is 2.30. The summed E-state index contributed by atoms with van der Waals surface area (Å²) in [6.07, 6.45) is 5.99. The molecule has 1 aliphatic rings. The average molecular weight is 269 g/mol.